The van der Waals surface area contributed by atoms with Crippen molar-refractivity contribution in [3.63, 3.8) is 0 Å². The molecule has 0 spiro atoms. The normalized spacial score (nSPS) is 26.1. The molecule has 1 atom stereocenters. The number of azide groups is 1. The Morgan fingerprint density at radius 2 is 2.64 bits per heavy atom. The fourth-order valence-corrected chi connectivity index (χ4v) is 1.25. The van der Waals surface area contributed by atoms with Gasteiger partial charge >= 0.3 is 0 Å². The first-order valence-electron chi connectivity index (χ1n) is 3.75. The minimum absolute atomic E-state index is 0.338. The summed E-state index contributed by atoms with van der Waals surface area (Å²) in [5.74, 6) is 0. The van der Waals surface area contributed by atoms with Crippen LogP contribution in [0.1, 0.15) is 0 Å². The quantitative estimate of drug-likeness (QED) is 0.352. The Morgan fingerprint density at radius 1 is 1.82 bits per heavy atom. The summed E-state index contributed by atoms with van der Waals surface area (Å²) < 4.78 is 0. The Hall–Kier alpha value is -0.770. The predicted octanol–water partition coefficient (Wildman–Crippen LogP) is 0.200. The zero-order chi connectivity index (χ0) is 8.10. The van der Waals surface area contributed by atoms with E-state index in [0.717, 1.165) is 19.6 Å². The van der Waals surface area contributed by atoms with Gasteiger partial charge in [-0.1, -0.05) is 5.11 Å². The number of hydrogen-bond acceptors (Lipinski definition) is 3. The highest BCUT2D eigenvalue weighted by molar-refractivity contribution is 4.78. The van der Waals surface area contributed by atoms with E-state index in [2.05, 4.69) is 27.3 Å². The van der Waals surface area contributed by atoms with E-state index in [-0.39, 0.29) is 0 Å². The Balaban J connectivity index is 2.27. The zero-order valence-electron chi connectivity index (χ0n) is 6.69. The predicted molar refractivity (Wildman–Crippen MR) is 43.3 cm³/mol. The third kappa shape index (κ3) is 2.76. The number of piperazine rings is 1. The van der Waals surface area contributed by atoms with Crippen molar-refractivity contribution in [2.24, 2.45) is 5.11 Å². The van der Waals surface area contributed by atoms with E-state index in [9.17, 15) is 0 Å². The third-order valence-electron chi connectivity index (χ3n) is 1.82. The van der Waals surface area contributed by atoms with Crippen molar-refractivity contribution < 1.29 is 0 Å². The monoisotopic (exact) mass is 155 g/mol. The van der Waals surface area contributed by atoms with E-state index in [0.29, 0.717) is 12.6 Å². The van der Waals surface area contributed by atoms with Gasteiger partial charge in [0.15, 0.2) is 0 Å². The van der Waals surface area contributed by atoms with Crippen LogP contribution in [0.25, 0.3) is 10.4 Å². The summed E-state index contributed by atoms with van der Waals surface area (Å²) in [6.07, 6.45) is 0. The van der Waals surface area contributed by atoms with Crippen molar-refractivity contribution in [2.45, 2.75) is 6.04 Å². The van der Waals surface area contributed by atoms with Crippen LogP contribution >= 0.6 is 0 Å². The molecule has 11 heavy (non-hydrogen) atoms. The van der Waals surface area contributed by atoms with Crippen LogP contribution in [-0.4, -0.2) is 44.2 Å². The van der Waals surface area contributed by atoms with Gasteiger partial charge in [-0.05, 0) is 12.6 Å². The highest BCUT2D eigenvalue weighted by Gasteiger charge is 2.14. The van der Waals surface area contributed by atoms with Gasteiger partial charge in [0.1, 0.15) is 0 Å². The average molecular weight is 155 g/mol. The van der Waals surface area contributed by atoms with Crippen molar-refractivity contribution in [3.05, 3.63) is 10.4 Å². The lowest BCUT2D eigenvalue weighted by molar-refractivity contribution is 0.242. The van der Waals surface area contributed by atoms with E-state index >= 15 is 0 Å². The van der Waals surface area contributed by atoms with Crippen molar-refractivity contribution in [2.75, 3.05) is 33.2 Å². The van der Waals surface area contributed by atoms with Crippen LogP contribution in [-0.2, 0) is 0 Å². The van der Waals surface area contributed by atoms with Gasteiger partial charge in [0.25, 0.3) is 0 Å². The van der Waals surface area contributed by atoms with Crippen LogP contribution < -0.4 is 5.32 Å². The molecule has 1 fully saturated rings. The van der Waals surface area contributed by atoms with Crippen molar-refractivity contribution >= 4 is 0 Å². The van der Waals surface area contributed by atoms with Gasteiger partial charge in [-0.3, -0.25) is 0 Å². The van der Waals surface area contributed by atoms with Crippen LogP contribution in [0.5, 0.6) is 0 Å². The van der Waals surface area contributed by atoms with Gasteiger partial charge in [0, 0.05) is 37.1 Å². The lowest BCUT2D eigenvalue weighted by atomic mass is 10.2. The molecule has 1 unspecified atom stereocenters. The molecule has 0 radical (unpaired) electrons. The lowest BCUT2D eigenvalue weighted by Gasteiger charge is -2.29. The summed E-state index contributed by atoms with van der Waals surface area (Å²) >= 11 is 0. The molecule has 1 heterocycles. The molecule has 0 aliphatic carbocycles. The van der Waals surface area contributed by atoms with Crippen LogP contribution in [0, 0.1) is 0 Å². The largest absolute Gasteiger partial charge is 0.311 e. The fraction of sp³-hybridized carbons (Fsp3) is 1.00. The van der Waals surface area contributed by atoms with Crippen molar-refractivity contribution in [1.82, 2.24) is 10.2 Å². The fourth-order valence-electron chi connectivity index (χ4n) is 1.25. The van der Waals surface area contributed by atoms with E-state index in [1.54, 1.807) is 0 Å². The van der Waals surface area contributed by atoms with Gasteiger partial charge in [0.05, 0.1) is 0 Å². The number of likely N-dealkylation sites (N-methyl/N-ethyl adjacent to an activating group) is 1. The molecule has 1 saturated heterocycles. The third-order valence-corrected chi connectivity index (χ3v) is 1.82. The topological polar surface area (TPSA) is 64.0 Å². The Bertz CT molecular complexity index is 162. The number of hydrogen-bond donors (Lipinski definition) is 1. The second-order valence-electron chi connectivity index (χ2n) is 2.83. The maximum absolute atomic E-state index is 8.08. The summed E-state index contributed by atoms with van der Waals surface area (Å²) in [6, 6.07) is 0.338. The van der Waals surface area contributed by atoms with Crippen molar-refractivity contribution in [1.29, 1.82) is 0 Å². The first-order chi connectivity index (χ1) is 5.33. The molecule has 5 nitrogen and oxygen atoms in total. The SMILES string of the molecule is CN1CCNC(CN=[N+]=[N-])C1. The van der Waals surface area contributed by atoms with Gasteiger partial charge in [-0.25, -0.2) is 0 Å². The maximum Gasteiger partial charge on any atom is 0.0424 e. The molecule has 0 amide bonds. The molecule has 0 aromatic rings. The number of nitrogens with one attached hydrogen (secondary N) is 1. The van der Waals surface area contributed by atoms with Gasteiger partial charge in [-0.2, -0.15) is 0 Å². The average Bonchev–Trinajstić information content (AvgIpc) is 2.01. The highest BCUT2D eigenvalue weighted by atomic mass is 15.2. The van der Waals surface area contributed by atoms with Crippen LogP contribution in [0.3, 0.4) is 0 Å². The Morgan fingerprint density at radius 3 is 3.27 bits per heavy atom. The van der Waals surface area contributed by atoms with Crippen molar-refractivity contribution in [3.8, 4) is 0 Å². The molecule has 0 aromatic heterocycles. The first kappa shape index (κ1) is 8.33. The first-order valence-corrected chi connectivity index (χ1v) is 3.75. The van der Waals surface area contributed by atoms with Gasteiger partial charge in [0.2, 0.25) is 0 Å². The smallest absolute Gasteiger partial charge is 0.0424 e. The molecule has 0 saturated carbocycles. The standard InChI is InChI=1S/C6H13N5/c1-11-3-2-8-6(5-11)4-9-10-7/h6,8H,2-5H2,1H3. The number of nitrogens with zero attached hydrogens (tertiary/aromatic N) is 4. The maximum atomic E-state index is 8.08. The van der Waals surface area contributed by atoms with E-state index in [1.807, 2.05) is 0 Å². The van der Waals surface area contributed by atoms with Crippen LogP contribution in [0.15, 0.2) is 5.11 Å². The molecule has 1 aliphatic rings. The van der Waals surface area contributed by atoms with E-state index in [4.69, 9.17) is 5.53 Å². The minimum Gasteiger partial charge on any atom is -0.311 e. The molecular weight excluding hydrogens is 142 g/mol. The molecular formula is C6H13N5. The van der Waals surface area contributed by atoms with Crippen LogP contribution in [0.2, 0.25) is 0 Å². The number of rotatable bonds is 2. The zero-order valence-corrected chi connectivity index (χ0v) is 6.69. The molecule has 5 heteroatoms. The van der Waals surface area contributed by atoms with Crippen LogP contribution in [0.4, 0.5) is 0 Å². The Kier molecular flexibility index (Phi) is 3.16. The van der Waals surface area contributed by atoms with E-state index < -0.39 is 0 Å². The summed E-state index contributed by atoms with van der Waals surface area (Å²) in [7, 11) is 2.07. The van der Waals surface area contributed by atoms with E-state index in [1.165, 1.54) is 0 Å². The highest BCUT2D eigenvalue weighted by Crippen LogP contribution is 1.95. The second-order valence-corrected chi connectivity index (χ2v) is 2.83. The minimum atomic E-state index is 0.338. The van der Waals surface area contributed by atoms with Gasteiger partial charge in [-0.15, -0.1) is 0 Å². The molecule has 1 N–H and O–H groups in total. The molecule has 62 valence electrons. The second kappa shape index (κ2) is 4.18. The lowest BCUT2D eigenvalue weighted by Crippen LogP contribution is -2.50. The molecule has 0 aromatic carbocycles. The molecule has 1 aliphatic heterocycles. The summed E-state index contributed by atoms with van der Waals surface area (Å²) in [5.41, 5.74) is 8.08. The summed E-state index contributed by atoms with van der Waals surface area (Å²) in [4.78, 5) is 4.95. The summed E-state index contributed by atoms with van der Waals surface area (Å²) in [6.45, 7) is 3.59. The summed E-state index contributed by atoms with van der Waals surface area (Å²) in [5, 5.41) is 6.80. The molecule has 1 rings (SSSR count). The van der Waals surface area contributed by atoms with Gasteiger partial charge < -0.3 is 10.2 Å². The molecule has 0 bridgehead atoms. The Labute approximate surface area is 66.0 Å².